The fourth-order valence-corrected chi connectivity index (χ4v) is 3.53. The summed E-state index contributed by atoms with van der Waals surface area (Å²) in [5.41, 5.74) is 1.84. The second kappa shape index (κ2) is 8.36. The fourth-order valence-electron chi connectivity index (χ4n) is 3.53. The summed E-state index contributed by atoms with van der Waals surface area (Å²) < 4.78 is 13.0. The van der Waals surface area contributed by atoms with Crippen LogP contribution in [-0.4, -0.2) is 38.2 Å². The number of aromatic nitrogens is 3. The first-order valence-electron chi connectivity index (χ1n) is 9.64. The molecule has 7 nitrogen and oxygen atoms in total. The SMILES string of the molecule is Cc1nc([C@@H]2CCCN2C(=O)c2cccnc2)ncc1C(=O)Nc1ccc(F)cc1. The fraction of sp³-hybridized carbons (Fsp3) is 0.227. The Labute approximate surface area is 173 Å². The molecule has 2 amide bonds. The third-order valence-corrected chi connectivity index (χ3v) is 5.06. The number of carbonyl (C=O) groups excluding carboxylic acids is 2. The largest absolute Gasteiger partial charge is 0.328 e. The summed E-state index contributed by atoms with van der Waals surface area (Å²) in [7, 11) is 0. The van der Waals surface area contributed by atoms with Crippen LogP contribution in [0.4, 0.5) is 10.1 Å². The van der Waals surface area contributed by atoms with Gasteiger partial charge in [-0.05, 0) is 56.2 Å². The minimum Gasteiger partial charge on any atom is -0.328 e. The topological polar surface area (TPSA) is 88.1 Å². The normalized spacial score (nSPS) is 15.8. The lowest BCUT2D eigenvalue weighted by Crippen LogP contribution is -2.31. The van der Waals surface area contributed by atoms with Gasteiger partial charge in [-0.3, -0.25) is 14.6 Å². The number of nitrogens with one attached hydrogen (secondary N) is 1. The van der Waals surface area contributed by atoms with Crippen molar-refractivity contribution in [3.8, 4) is 0 Å². The Bertz CT molecular complexity index is 1070. The number of aryl methyl sites for hydroxylation is 1. The van der Waals surface area contributed by atoms with Crippen molar-refractivity contribution in [3.05, 3.63) is 83.5 Å². The molecule has 1 atom stereocenters. The number of carbonyl (C=O) groups is 2. The van der Waals surface area contributed by atoms with E-state index in [4.69, 9.17) is 0 Å². The van der Waals surface area contributed by atoms with Crippen LogP contribution in [0.15, 0.2) is 55.0 Å². The first-order chi connectivity index (χ1) is 14.5. The van der Waals surface area contributed by atoms with Crippen LogP contribution in [0.5, 0.6) is 0 Å². The van der Waals surface area contributed by atoms with Crippen molar-refractivity contribution in [1.82, 2.24) is 19.9 Å². The van der Waals surface area contributed by atoms with E-state index in [1.807, 2.05) is 0 Å². The van der Waals surface area contributed by atoms with E-state index in [9.17, 15) is 14.0 Å². The van der Waals surface area contributed by atoms with Crippen molar-refractivity contribution in [2.45, 2.75) is 25.8 Å². The molecule has 0 bridgehead atoms. The van der Waals surface area contributed by atoms with Gasteiger partial charge in [0, 0.05) is 30.8 Å². The molecule has 3 aromatic rings. The lowest BCUT2D eigenvalue weighted by molar-refractivity contribution is 0.0728. The van der Waals surface area contributed by atoms with Crippen LogP contribution in [0.25, 0.3) is 0 Å². The summed E-state index contributed by atoms with van der Waals surface area (Å²) in [6.45, 7) is 2.35. The van der Waals surface area contributed by atoms with E-state index in [1.165, 1.54) is 30.5 Å². The Hall–Kier alpha value is -3.68. The van der Waals surface area contributed by atoms with Crippen molar-refractivity contribution in [2.75, 3.05) is 11.9 Å². The number of anilines is 1. The van der Waals surface area contributed by atoms with Gasteiger partial charge in [-0.15, -0.1) is 0 Å². The molecular formula is C22H20FN5O2. The highest BCUT2D eigenvalue weighted by Gasteiger charge is 2.33. The Morgan fingerprint density at radius 3 is 2.67 bits per heavy atom. The second-order valence-corrected chi connectivity index (χ2v) is 7.09. The minimum atomic E-state index is -0.376. The molecule has 0 aliphatic carbocycles. The van der Waals surface area contributed by atoms with E-state index in [0.29, 0.717) is 34.9 Å². The van der Waals surface area contributed by atoms with E-state index in [2.05, 4.69) is 20.3 Å². The number of amides is 2. The first kappa shape index (κ1) is 19.6. The maximum Gasteiger partial charge on any atom is 0.259 e. The zero-order valence-corrected chi connectivity index (χ0v) is 16.4. The van der Waals surface area contributed by atoms with Crippen molar-refractivity contribution in [3.63, 3.8) is 0 Å². The van der Waals surface area contributed by atoms with Crippen LogP contribution in [0, 0.1) is 12.7 Å². The zero-order chi connectivity index (χ0) is 21.1. The van der Waals surface area contributed by atoms with E-state index in [0.717, 1.165) is 12.8 Å². The molecule has 0 radical (unpaired) electrons. The van der Waals surface area contributed by atoms with Gasteiger partial charge in [-0.1, -0.05) is 0 Å². The molecule has 152 valence electrons. The molecule has 1 aliphatic heterocycles. The Balaban J connectivity index is 1.52. The van der Waals surface area contributed by atoms with Crippen LogP contribution in [0.2, 0.25) is 0 Å². The highest BCUT2D eigenvalue weighted by atomic mass is 19.1. The van der Waals surface area contributed by atoms with Gasteiger partial charge >= 0.3 is 0 Å². The zero-order valence-electron chi connectivity index (χ0n) is 16.4. The maximum atomic E-state index is 13.0. The second-order valence-electron chi connectivity index (χ2n) is 7.09. The lowest BCUT2D eigenvalue weighted by Gasteiger charge is -2.24. The van der Waals surface area contributed by atoms with Crippen molar-refractivity contribution in [1.29, 1.82) is 0 Å². The summed E-state index contributed by atoms with van der Waals surface area (Å²) >= 11 is 0. The summed E-state index contributed by atoms with van der Waals surface area (Å²) in [6.07, 6.45) is 6.26. The van der Waals surface area contributed by atoms with Gasteiger partial charge in [0.1, 0.15) is 5.82 Å². The van der Waals surface area contributed by atoms with E-state index >= 15 is 0 Å². The number of benzene rings is 1. The molecule has 30 heavy (non-hydrogen) atoms. The van der Waals surface area contributed by atoms with Crippen LogP contribution >= 0.6 is 0 Å². The number of hydrogen-bond donors (Lipinski definition) is 1. The minimum absolute atomic E-state index is 0.106. The molecule has 2 aromatic heterocycles. The van der Waals surface area contributed by atoms with Crippen molar-refractivity contribution < 1.29 is 14.0 Å². The molecule has 1 N–H and O–H groups in total. The maximum absolute atomic E-state index is 13.0. The number of halogens is 1. The van der Waals surface area contributed by atoms with Crippen LogP contribution < -0.4 is 5.32 Å². The molecule has 0 unspecified atom stereocenters. The average molecular weight is 405 g/mol. The molecule has 0 spiro atoms. The van der Waals surface area contributed by atoms with Crippen LogP contribution in [0.3, 0.4) is 0 Å². The summed E-state index contributed by atoms with van der Waals surface area (Å²) in [5.74, 6) is -0.343. The number of pyridine rings is 1. The first-order valence-corrected chi connectivity index (χ1v) is 9.64. The number of rotatable bonds is 4. The van der Waals surface area contributed by atoms with E-state index in [1.54, 1.807) is 36.4 Å². The van der Waals surface area contributed by atoms with E-state index < -0.39 is 0 Å². The van der Waals surface area contributed by atoms with Gasteiger partial charge in [-0.2, -0.15) is 0 Å². The highest BCUT2D eigenvalue weighted by molar-refractivity contribution is 6.04. The molecule has 1 fully saturated rings. The molecular weight excluding hydrogens is 385 g/mol. The molecule has 1 aromatic carbocycles. The standard InChI is InChI=1S/C22H20FN5O2/c1-14-18(21(29)27-17-8-6-16(23)7-9-17)13-25-20(26-14)19-5-3-11-28(19)22(30)15-4-2-10-24-12-15/h2,4,6-10,12-13,19H,3,5,11H2,1H3,(H,27,29)/t19-/m0/s1. The molecule has 0 saturated carbocycles. The Kier molecular flexibility index (Phi) is 5.47. The quantitative estimate of drug-likeness (QED) is 0.717. The summed E-state index contributed by atoms with van der Waals surface area (Å²) in [6, 6.07) is 8.74. The molecule has 1 saturated heterocycles. The number of hydrogen-bond acceptors (Lipinski definition) is 5. The molecule has 4 rings (SSSR count). The van der Waals surface area contributed by atoms with Crippen LogP contribution in [-0.2, 0) is 0 Å². The van der Waals surface area contributed by atoms with Gasteiger partial charge in [0.2, 0.25) is 0 Å². The average Bonchev–Trinajstić information content (AvgIpc) is 3.25. The van der Waals surface area contributed by atoms with E-state index in [-0.39, 0.29) is 23.7 Å². The smallest absolute Gasteiger partial charge is 0.259 e. The third-order valence-electron chi connectivity index (χ3n) is 5.06. The van der Waals surface area contributed by atoms with Crippen molar-refractivity contribution >= 4 is 17.5 Å². The summed E-state index contributed by atoms with van der Waals surface area (Å²) in [5, 5.41) is 2.71. The Morgan fingerprint density at radius 2 is 1.97 bits per heavy atom. The number of nitrogens with zero attached hydrogens (tertiary/aromatic N) is 4. The molecule has 1 aliphatic rings. The number of likely N-dealkylation sites (tertiary alicyclic amines) is 1. The van der Waals surface area contributed by atoms with Crippen LogP contribution in [0.1, 0.15) is 51.1 Å². The predicted octanol–water partition coefficient (Wildman–Crippen LogP) is 3.55. The highest BCUT2D eigenvalue weighted by Crippen LogP contribution is 2.31. The molecule has 3 heterocycles. The third kappa shape index (κ3) is 4.03. The molecule has 8 heteroatoms. The van der Waals surface area contributed by atoms with Crippen molar-refractivity contribution in [2.24, 2.45) is 0 Å². The van der Waals surface area contributed by atoms with Gasteiger partial charge in [0.25, 0.3) is 11.8 Å². The van der Waals surface area contributed by atoms with Gasteiger partial charge in [0.05, 0.1) is 22.9 Å². The van der Waals surface area contributed by atoms with Gasteiger partial charge in [0.15, 0.2) is 5.82 Å². The monoisotopic (exact) mass is 405 g/mol. The van der Waals surface area contributed by atoms with Gasteiger partial charge < -0.3 is 10.2 Å². The van der Waals surface area contributed by atoms with Gasteiger partial charge in [-0.25, -0.2) is 14.4 Å². The predicted molar refractivity (Wildman–Crippen MR) is 108 cm³/mol. The Morgan fingerprint density at radius 1 is 1.17 bits per heavy atom. The summed E-state index contributed by atoms with van der Waals surface area (Å²) in [4.78, 5) is 40.1. The lowest BCUT2D eigenvalue weighted by atomic mass is 10.1.